The predicted octanol–water partition coefficient (Wildman–Crippen LogP) is 5.49. The van der Waals surface area contributed by atoms with Crippen LogP contribution in [0, 0.1) is 6.92 Å². The number of carbonyl (C=O) groups excluding carboxylic acids is 1. The van der Waals surface area contributed by atoms with Crippen molar-refractivity contribution in [3.8, 4) is 0 Å². The Morgan fingerprint density at radius 2 is 1.54 bits per heavy atom. The molecule has 1 atom stereocenters. The summed E-state index contributed by atoms with van der Waals surface area (Å²) in [6.45, 7) is 5.78. The number of carbonyl (C=O) groups is 1. The van der Waals surface area contributed by atoms with Crippen molar-refractivity contribution in [2.24, 2.45) is 0 Å². The van der Waals surface area contributed by atoms with E-state index < -0.39 is 41.3 Å². The quantitative estimate of drug-likeness (QED) is 0.388. The molecular formula is C26H28F3NO3SSi. The summed E-state index contributed by atoms with van der Waals surface area (Å²) in [5.74, 6) is -0.676. The number of hydrogen-bond acceptors (Lipinski definition) is 3. The van der Waals surface area contributed by atoms with Gasteiger partial charge in [-0.15, -0.1) is 0 Å². The van der Waals surface area contributed by atoms with Gasteiger partial charge in [0, 0.05) is 13.5 Å². The largest absolute Gasteiger partial charge is 0.416 e. The molecule has 0 aliphatic carbocycles. The molecule has 186 valence electrons. The molecule has 0 unspecified atom stereocenters. The van der Waals surface area contributed by atoms with E-state index in [0.717, 1.165) is 22.9 Å². The predicted molar refractivity (Wildman–Crippen MR) is 133 cm³/mol. The number of rotatable bonds is 7. The molecule has 0 spiro atoms. The summed E-state index contributed by atoms with van der Waals surface area (Å²) >= 11 is 0. The molecule has 0 heterocycles. The van der Waals surface area contributed by atoms with Gasteiger partial charge < -0.3 is 0 Å². The van der Waals surface area contributed by atoms with Crippen LogP contribution in [0.3, 0.4) is 0 Å². The molecule has 0 aliphatic rings. The van der Waals surface area contributed by atoms with Crippen LogP contribution in [0.1, 0.15) is 28.7 Å². The van der Waals surface area contributed by atoms with Gasteiger partial charge in [-0.1, -0.05) is 84.5 Å². The lowest BCUT2D eigenvalue weighted by molar-refractivity contribution is -0.137. The number of benzene rings is 3. The van der Waals surface area contributed by atoms with Crippen LogP contribution in [-0.2, 0) is 21.0 Å². The number of halogens is 3. The summed E-state index contributed by atoms with van der Waals surface area (Å²) in [5, 5.41) is 0.958. The third-order valence-electron chi connectivity index (χ3n) is 6.41. The van der Waals surface area contributed by atoms with Crippen LogP contribution in [-0.4, -0.2) is 33.8 Å². The highest BCUT2D eigenvalue weighted by Crippen LogP contribution is 2.36. The van der Waals surface area contributed by atoms with Gasteiger partial charge in [0.05, 0.1) is 18.5 Å². The van der Waals surface area contributed by atoms with E-state index in [1.807, 2.05) is 50.3 Å². The molecule has 3 aromatic carbocycles. The smallest absolute Gasteiger partial charge is 0.274 e. The van der Waals surface area contributed by atoms with Gasteiger partial charge in [-0.25, -0.2) is 12.7 Å². The Bertz CT molecular complexity index is 1290. The van der Waals surface area contributed by atoms with E-state index in [1.165, 1.54) is 25.2 Å². The number of alkyl halides is 3. The van der Waals surface area contributed by atoms with Crippen LogP contribution < -0.4 is 5.19 Å². The van der Waals surface area contributed by atoms with Gasteiger partial charge in [0.2, 0.25) is 5.91 Å². The highest BCUT2D eigenvalue weighted by Gasteiger charge is 2.39. The van der Waals surface area contributed by atoms with E-state index in [0.29, 0.717) is 9.87 Å². The monoisotopic (exact) mass is 519 g/mol. The highest BCUT2D eigenvalue weighted by atomic mass is 32.2. The van der Waals surface area contributed by atoms with Gasteiger partial charge in [-0.2, -0.15) is 13.2 Å². The second-order valence-corrected chi connectivity index (χ2v) is 15.8. The van der Waals surface area contributed by atoms with Crippen LogP contribution in [0.4, 0.5) is 13.2 Å². The summed E-state index contributed by atoms with van der Waals surface area (Å²) in [7, 11) is -5.51. The third-order valence-corrected chi connectivity index (χ3v) is 12.3. The number of sulfonamides is 1. The van der Waals surface area contributed by atoms with Gasteiger partial charge in [0.1, 0.15) is 0 Å². The van der Waals surface area contributed by atoms with Crippen molar-refractivity contribution in [1.82, 2.24) is 4.31 Å². The first-order chi connectivity index (χ1) is 16.2. The lowest BCUT2D eigenvalue weighted by Gasteiger charge is -2.34. The van der Waals surface area contributed by atoms with Gasteiger partial charge in [-0.3, -0.25) is 4.79 Å². The van der Waals surface area contributed by atoms with Gasteiger partial charge in [-0.05, 0) is 36.2 Å². The summed E-state index contributed by atoms with van der Waals surface area (Å²) < 4.78 is 67.3. The molecule has 0 N–H and O–H groups in total. The normalized spacial score (nSPS) is 13.3. The molecule has 3 rings (SSSR count). The zero-order valence-corrected chi connectivity index (χ0v) is 21.8. The molecule has 0 radical (unpaired) electrons. The van der Waals surface area contributed by atoms with Crippen molar-refractivity contribution in [2.75, 3.05) is 7.05 Å². The fourth-order valence-corrected chi connectivity index (χ4v) is 8.39. The van der Waals surface area contributed by atoms with Crippen LogP contribution in [0.25, 0.3) is 0 Å². The van der Waals surface area contributed by atoms with Crippen molar-refractivity contribution in [2.45, 2.75) is 43.1 Å². The number of nitrogens with zero attached hydrogens (tertiary/aromatic N) is 1. The third kappa shape index (κ3) is 5.84. The Morgan fingerprint density at radius 1 is 0.943 bits per heavy atom. The van der Waals surface area contributed by atoms with E-state index in [1.54, 1.807) is 18.2 Å². The van der Waals surface area contributed by atoms with Crippen molar-refractivity contribution in [3.63, 3.8) is 0 Å². The van der Waals surface area contributed by atoms with Crippen LogP contribution in [0.2, 0.25) is 13.1 Å². The minimum atomic E-state index is -4.53. The maximum Gasteiger partial charge on any atom is 0.416 e. The van der Waals surface area contributed by atoms with E-state index in [4.69, 9.17) is 0 Å². The minimum absolute atomic E-state index is 0.0193. The van der Waals surface area contributed by atoms with E-state index >= 15 is 0 Å². The van der Waals surface area contributed by atoms with Gasteiger partial charge in [0.15, 0.2) is 0 Å². The minimum Gasteiger partial charge on any atom is -0.274 e. The summed E-state index contributed by atoms with van der Waals surface area (Å²) in [4.78, 5) is 13.3. The lowest BCUT2D eigenvalue weighted by atomic mass is 10.1. The topological polar surface area (TPSA) is 54.5 Å². The van der Waals surface area contributed by atoms with E-state index in [9.17, 15) is 26.4 Å². The fraction of sp³-hybridized carbons (Fsp3) is 0.269. The average Bonchev–Trinajstić information content (AvgIpc) is 2.82. The molecular weight excluding hydrogens is 491 g/mol. The fourth-order valence-electron chi connectivity index (χ4n) is 4.10. The molecule has 3 aromatic rings. The summed E-state index contributed by atoms with van der Waals surface area (Å²) in [6, 6.07) is 20.5. The SMILES string of the molecule is Cc1ccc(S(=O)(=O)N(C)C(=O)C[C@H](c2cccc(C(F)(F)F)c2)[Si](C)(C)c2ccccc2)cc1. The maximum absolute atomic E-state index is 13.5. The average molecular weight is 520 g/mol. The molecule has 0 saturated carbocycles. The zero-order valence-electron chi connectivity index (χ0n) is 20.0. The van der Waals surface area contributed by atoms with Crippen molar-refractivity contribution in [3.05, 3.63) is 95.6 Å². The van der Waals surface area contributed by atoms with Gasteiger partial charge in [0.25, 0.3) is 10.0 Å². The first-order valence-corrected chi connectivity index (χ1v) is 15.6. The zero-order chi connectivity index (χ0) is 26.0. The highest BCUT2D eigenvalue weighted by molar-refractivity contribution is 7.89. The number of hydrogen-bond donors (Lipinski definition) is 0. The summed E-state index contributed by atoms with van der Waals surface area (Å²) in [5.41, 5.74) is -0.144. The Morgan fingerprint density at radius 3 is 2.11 bits per heavy atom. The van der Waals surface area contributed by atoms with Gasteiger partial charge >= 0.3 is 6.18 Å². The first kappa shape index (κ1) is 26.7. The second-order valence-electron chi connectivity index (χ2n) is 9.15. The van der Waals surface area contributed by atoms with Crippen LogP contribution in [0.5, 0.6) is 0 Å². The van der Waals surface area contributed by atoms with Crippen molar-refractivity contribution < 1.29 is 26.4 Å². The van der Waals surface area contributed by atoms with Crippen LogP contribution >= 0.6 is 0 Å². The standard InChI is InChI=1S/C26H28F3NO3SSi/c1-19-13-15-22(16-14-19)34(32,33)30(2)25(31)18-24(35(3,4)23-11-6-5-7-12-23)20-9-8-10-21(17-20)26(27,28)29/h5-17,24H,18H2,1-4H3/t24-/m1/s1. The van der Waals surface area contributed by atoms with Crippen molar-refractivity contribution >= 4 is 29.2 Å². The van der Waals surface area contributed by atoms with E-state index in [2.05, 4.69) is 0 Å². The molecule has 0 aliphatic heterocycles. The Hall–Kier alpha value is -2.91. The molecule has 0 aromatic heterocycles. The Kier molecular flexibility index (Phi) is 7.61. The molecule has 0 bridgehead atoms. The molecule has 4 nitrogen and oxygen atoms in total. The number of aryl methyl sites for hydroxylation is 1. The molecule has 0 saturated heterocycles. The summed E-state index contributed by atoms with van der Waals surface area (Å²) in [6.07, 6.45) is -4.77. The Balaban J connectivity index is 2.03. The lowest BCUT2D eigenvalue weighted by Crippen LogP contribution is -2.49. The molecule has 9 heteroatoms. The van der Waals surface area contributed by atoms with E-state index in [-0.39, 0.29) is 11.3 Å². The Labute approximate surface area is 205 Å². The van der Waals surface area contributed by atoms with Crippen molar-refractivity contribution in [1.29, 1.82) is 0 Å². The molecule has 0 fully saturated rings. The first-order valence-electron chi connectivity index (χ1n) is 11.1. The number of amides is 1. The second kappa shape index (κ2) is 9.99. The maximum atomic E-state index is 13.5. The molecule has 35 heavy (non-hydrogen) atoms. The van der Waals surface area contributed by atoms with Crippen LogP contribution in [0.15, 0.2) is 83.8 Å². The molecule has 1 amide bonds.